The van der Waals surface area contributed by atoms with Crippen molar-refractivity contribution < 1.29 is 18.4 Å². The van der Waals surface area contributed by atoms with Crippen LogP contribution in [0.5, 0.6) is 0 Å². The molecule has 0 fully saturated rings. The number of nitriles is 1. The normalized spacial score (nSPS) is 16.1. The van der Waals surface area contributed by atoms with Crippen LogP contribution in [0.25, 0.3) is 39.6 Å². The van der Waals surface area contributed by atoms with Gasteiger partial charge in [0.25, 0.3) is 11.8 Å². The van der Waals surface area contributed by atoms with Gasteiger partial charge in [0.15, 0.2) is 11.3 Å². The van der Waals surface area contributed by atoms with Crippen LogP contribution < -0.4 is 0 Å². The third-order valence-electron chi connectivity index (χ3n) is 5.86. The Morgan fingerprint density at radius 1 is 1.06 bits per heavy atom. The number of imide groups is 1. The largest absolute Gasteiger partial charge is 0.455 e. The summed E-state index contributed by atoms with van der Waals surface area (Å²) in [5.74, 6) is 0.205. The third kappa shape index (κ3) is 2.81. The van der Waals surface area contributed by atoms with Crippen LogP contribution in [0.4, 0.5) is 0 Å². The summed E-state index contributed by atoms with van der Waals surface area (Å²) < 4.78 is 13.9. The number of carbonyl (C=O) groups excluding carboxylic acids is 2. The van der Waals surface area contributed by atoms with Crippen LogP contribution in [0, 0.1) is 11.3 Å². The molecule has 2 amide bonds. The van der Waals surface area contributed by atoms with Crippen molar-refractivity contribution in [2.45, 2.75) is 13.8 Å². The Bertz CT molecular complexity index is 1500. The zero-order valence-corrected chi connectivity index (χ0v) is 17.8. The molecule has 0 spiro atoms. The first-order chi connectivity index (χ1) is 15.4. The van der Waals surface area contributed by atoms with E-state index in [2.05, 4.69) is 0 Å². The van der Waals surface area contributed by atoms with E-state index in [4.69, 9.17) is 8.83 Å². The number of hydrogen-bond acceptors (Lipinski definition) is 5. The van der Waals surface area contributed by atoms with Gasteiger partial charge in [-0.25, -0.2) is 0 Å². The van der Waals surface area contributed by atoms with Crippen molar-refractivity contribution >= 4 is 40.0 Å². The van der Waals surface area contributed by atoms with E-state index in [-0.39, 0.29) is 17.7 Å². The van der Waals surface area contributed by atoms with Crippen molar-refractivity contribution in [2.75, 3.05) is 6.54 Å². The molecule has 7 heteroatoms. The quantitative estimate of drug-likeness (QED) is 0.347. The molecule has 0 atom stereocenters. The lowest BCUT2D eigenvalue weighted by Gasteiger charge is -2.25. The lowest BCUT2D eigenvalue weighted by molar-refractivity contribution is -0.140. The van der Waals surface area contributed by atoms with E-state index in [9.17, 15) is 14.9 Å². The highest BCUT2D eigenvalue weighted by Gasteiger charge is 2.34. The fraction of sp³-hybridized carbons (Fsp3) is 0.160. The number of aromatic nitrogens is 1. The second kappa shape index (κ2) is 7.13. The molecule has 32 heavy (non-hydrogen) atoms. The van der Waals surface area contributed by atoms with Gasteiger partial charge in [0.05, 0.1) is 11.2 Å². The summed E-state index contributed by atoms with van der Waals surface area (Å²) in [6.45, 7) is 3.49. The number of furan rings is 2. The van der Waals surface area contributed by atoms with E-state index in [0.717, 1.165) is 32.8 Å². The van der Waals surface area contributed by atoms with Crippen molar-refractivity contribution in [3.63, 3.8) is 0 Å². The van der Waals surface area contributed by atoms with E-state index in [0.29, 0.717) is 16.9 Å². The van der Waals surface area contributed by atoms with Gasteiger partial charge in [0, 0.05) is 36.7 Å². The molecule has 5 rings (SSSR count). The first kappa shape index (κ1) is 19.6. The highest BCUT2D eigenvalue weighted by Crippen LogP contribution is 2.34. The van der Waals surface area contributed by atoms with Crippen LogP contribution in [0.15, 0.2) is 68.0 Å². The van der Waals surface area contributed by atoms with Gasteiger partial charge in [0.1, 0.15) is 23.0 Å². The first-order valence-corrected chi connectivity index (χ1v) is 10.2. The van der Waals surface area contributed by atoms with E-state index >= 15 is 0 Å². The molecule has 0 aliphatic carbocycles. The topological polar surface area (TPSA) is 92.4 Å². The number of benzene rings is 1. The SMILES string of the molecule is CCN1C(=O)C(C#N)=C(C)/C(=C/c2cc3c(cc(-c4cc5ccccc5o4)n3C)o2)C1=O. The Balaban J connectivity index is 1.58. The molecule has 4 heterocycles. The smallest absolute Gasteiger partial charge is 0.271 e. The van der Waals surface area contributed by atoms with E-state index < -0.39 is 11.8 Å². The molecular formula is C25H19N3O4. The number of nitrogens with zero attached hydrogens (tertiary/aromatic N) is 3. The lowest BCUT2D eigenvalue weighted by atomic mass is 9.95. The molecule has 1 aliphatic rings. The van der Waals surface area contributed by atoms with Crippen molar-refractivity contribution in [2.24, 2.45) is 7.05 Å². The van der Waals surface area contributed by atoms with Crippen LogP contribution in [0.2, 0.25) is 0 Å². The predicted molar refractivity (Wildman–Crippen MR) is 119 cm³/mol. The van der Waals surface area contributed by atoms with Gasteiger partial charge in [-0.05, 0) is 37.6 Å². The highest BCUT2D eigenvalue weighted by molar-refractivity contribution is 6.19. The Morgan fingerprint density at radius 3 is 2.53 bits per heavy atom. The molecule has 4 aromatic rings. The number of rotatable bonds is 3. The van der Waals surface area contributed by atoms with Gasteiger partial charge in [-0.1, -0.05) is 18.2 Å². The third-order valence-corrected chi connectivity index (χ3v) is 5.86. The number of para-hydroxylation sites is 1. The minimum absolute atomic E-state index is 0.0269. The number of hydrogen-bond donors (Lipinski definition) is 0. The average Bonchev–Trinajstić information content (AvgIpc) is 3.45. The van der Waals surface area contributed by atoms with Crippen molar-refractivity contribution in [3.8, 4) is 17.5 Å². The Hall–Kier alpha value is -4.31. The summed E-state index contributed by atoms with van der Waals surface area (Å²) in [7, 11) is 1.92. The predicted octanol–water partition coefficient (Wildman–Crippen LogP) is 4.80. The maximum Gasteiger partial charge on any atom is 0.271 e. The van der Waals surface area contributed by atoms with Crippen molar-refractivity contribution in [1.29, 1.82) is 5.26 Å². The molecule has 0 unspecified atom stereocenters. The van der Waals surface area contributed by atoms with E-state index in [1.54, 1.807) is 19.9 Å². The van der Waals surface area contributed by atoms with Crippen LogP contribution in [-0.2, 0) is 16.6 Å². The summed E-state index contributed by atoms with van der Waals surface area (Å²) in [5, 5.41) is 10.4. The summed E-state index contributed by atoms with van der Waals surface area (Å²) in [6.07, 6.45) is 1.59. The molecule has 0 N–H and O–H groups in total. The van der Waals surface area contributed by atoms with Gasteiger partial charge in [-0.15, -0.1) is 0 Å². The molecule has 0 saturated carbocycles. The number of aryl methyl sites for hydroxylation is 1. The summed E-state index contributed by atoms with van der Waals surface area (Å²) >= 11 is 0. The highest BCUT2D eigenvalue weighted by atomic mass is 16.3. The Labute approximate surface area is 183 Å². The molecule has 0 bridgehead atoms. The van der Waals surface area contributed by atoms with Gasteiger partial charge < -0.3 is 13.4 Å². The van der Waals surface area contributed by atoms with Crippen LogP contribution in [0.1, 0.15) is 19.6 Å². The fourth-order valence-electron chi connectivity index (χ4n) is 4.11. The first-order valence-electron chi connectivity index (χ1n) is 10.2. The lowest BCUT2D eigenvalue weighted by Crippen LogP contribution is -2.42. The average molecular weight is 425 g/mol. The Kier molecular flexibility index (Phi) is 4.38. The Morgan fingerprint density at radius 2 is 1.84 bits per heavy atom. The molecule has 3 aromatic heterocycles. The minimum atomic E-state index is -0.560. The van der Waals surface area contributed by atoms with Gasteiger partial charge in [-0.2, -0.15) is 5.26 Å². The standard InChI is InChI=1S/C25H19N3O4/c1-4-28-24(29)17(14(2)18(13-26)25(28)30)10-16-11-19-23(31-16)12-20(27(19)3)22-9-15-7-5-6-8-21(15)32-22/h5-12H,4H2,1-3H3/b17-10-. The van der Waals surface area contributed by atoms with Crippen LogP contribution in [0.3, 0.4) is 0 Å². The second-order valence-corrected chi connectivity index (χ2v) is 7.66. The molecular weight excluding hydrogens is 406 g/mol. The summed E-state index contributed by atoms with van der Waals surface area (Å²) in [4.78, 5) is 26.2. The summed E-state index contributed by atoms with van der Waals surface area (Å²) in [6, 6.07) is 15.4. The van der Waals surface area contributed by atoms with Crippen LogP contribution >= 0.6 is 0 Å². The minimum Gasteiger partial charge on any atom is -0.455 e. The van der Waals surface area contributed by atoms with Gasteiger partial charge in [-0.3, -0.25) is 14.5 Å². The maximum atomic E-state index is 12.8. The molecule has 158 valence electrons. The van der Waals surface area contributed by atoms with E-state index in [1.807, 2.05) is 60.1 Å². The zero-order valence-electron chi connectivity index (χ0n) is 17.8. The molecule has 0 saturated heterocycles. The van der Waals surface area contributed by atoms with E-state index in [1.165, 1.54) is 0 Å². The van der Waals surface area contributed by atoms with Gasteiger partial charge in [0.2, 0.25) is 0 Å². The second-order valence-electron chi connectivity index (χ2n) is 7.66. The molecule has 7 nitrogen and oxygen atoms in total. The summed E-state index contributed by atoms with van der Waals surface area (Å²) in [5.41, 5.74) is 3.77. The van der Waals surface area contributed by atoms with Crippen molar-refractivity contribution in [1.82, 2.24) is 9.47 Å². The van der Waals surface area contributed by atoms with Gasteiger partial charge >= 0.3 is 0 Å². The monoisotopic (exact) mass is 425 g/mol. The zero-order chi connectivity index (χ0) is 22.6. The fourth-order valence-corrected chi connectivity index (χ4v) is 4.11. The number of fused-ring (bicyclic) bond motifs is 2. The van der Waals surface area contributed by atoms with Crippen LogP contribution in [-0.4, -0.2) is 27.8 Å². The maximum absolute atomic E-state index is 12.8. The molecule has 1 aromatic carbocycles. The number of likely N-dealkylation sites (N-methyl/N-ethyl adjacent to an activating group) is 1. The molecule has 0 radical (unpaired) electrons. The van der Waals surface area contributed by atoms with Crippen molar-refractivity contribution in [3.05, 3.63) is 64.9 Å². The number of carbonyl (C=O) groups is 2. The number of amides is 2. The molecule has 1 aliphatic heterocycles.